The van der Waals surface area contributed by atoms with Gasteiger partial charge in [0.15, 0.2) is 0 Å². The molecule has 1 atom stereocenters. The Hall–Kier alpha value is -1.95. The van der Waals surface area contributed by atoms with Gasteiger partial charge in [-0.25, -0.2) is 0 Å². The van der Waals surface area contributed by atoms with E-state index in [1.165, 1.54) is 12.1 Å². The number of carbonyl (C=O) groups excluding carboxylic acids is 1. The van der Waals surface area contributed by atoms with Gasteiger partial charge in [0, 0.05) is 37.4 Å². The summed E-state index contributed by atoms with van der Waals surface area (Å²) in [6.07, 6.45) is 0.914. The van der Waals surface area contributed by atoms with Crippen LogP contribution in [0.4, 0.5) is 5.69 Å². The lowest BCUT2D eigenvalue weighted by Gasteiger charge is -2.16. The number of aryl methyl sites for hydroxylation is 1. The van der Waals surface area contributed by atoms with Gasteiger partial charge in [-0.2, -0.15) is 0 Å². The van der Waals surface area contributed by atoms with Gasteiger partial charge in [0.25, 0.3) is 11.6 Å². The van der Waals surface area contributed by atoms with Crippen molar-refractivity contribution in [2.24, 2.45) is 0 Å². The first-order valence-corrected chi connectivity index (χ1v) is 6.10. The molecule has 0 radical (unpaired) electrons. The molecule has 1 aromatic carbocycles. The fraction of sp³-hybridized carbons (Fsp3) is 0.462. The van der Waals surface area contributed by atoms with Gasteiger partial charge in [-0.15, -0.1) is 0 Å². The van der Waals surface area contributed by atoms with E-state index in [4.69, 9.17) is 4.74 Å². The van der Waals surface area contributed by atoms with Crippen molar-refractivity contribution < 1.29 is 14.5 Å². The molecule has 6 nitrogen and oxygen atoms in total. The molecule has 6 heteroatoms. The van der Waals surface area contributed by atoms with E-state index < -0.39 is 4.92 Å². The minimum atomic E-state index is -0.444. The van der Waals surface area contributed by atoms with Gasteiger partial charge in [-0.05, 0) is 25.5 Å². The highest BCUT2D eigenvalue weighted by atomic mass is 16.6. The van der Waals surface area contributed by atoms with E-state index in [1.54, 1.807) is 25.0 Å². The van der Waals surface area contributed by atoms with Crippen LogP contribution in [0.2, 0.25) is 0 Å². The first-order valence-electron chi connectivity index (χ1n) is 6.10. The van der Waals surface area contributed by atoms with Crippen LogP contribution in [0.5, 0.6) is 0 Å². The van der Waals surface area contributed by atoms with Crippen LogP contribution in [0, 0.1) is 17.0 Å². The van der Waals surface area contributed by atoms with E-state index in [0.29, 0.717) is 24.2 Å². The molecule has 1 unspecified atom stereocenters. The van der Waals surface area contributed by atoms with Gasteiger partial charge in [-0.1, -0.05) is 0 Å². The maximum atomic E-state index is 12.2. The lowest BCUT2D eigenvalue weighted by atomic mass is 10.1. The average molecular weight is 264 g/mol. The molecule has 0 N–H and O–H groups in total. The summed E-state index contributed by atoms with van der Waals surface area (Å²) in [5, 5.41) is 10.7. The number of benzene rings is 1. The Morgan fingerprint density at radius 1 is 1.53 bits per heavy atom. The third kappa shape index (κ3) is 2.73. The number of likely N-dealkylation sites (tertiary alicyclic amines) is 1. The van der Waals surface area contributed by atoms with Crippen molar-refractivity contribution >= 4 is 11.6 Å². The second-order valence-corrected chi connectivity index (χ2v) is 4.66. The number of methoxy groups -OCH3 is 1. The molecule has 0 bridgehead atoms. The van der Waals surface area contributed by atoms with Crippen LogP contribution in [-0.2, 0) is 4.74 Å². The highest BCUT2D eigenvalue weighted by molar-refractivity contribution is 5.95. The second-order valence-electron chi connectivity index (χ2n) is 4.66. The minimum Gasteiger partial charge on any atom is -0.380 e. The molecule has 0 aromatic heterocycles. The SMILES string of the molecule is COC1CCN(C(=O)c2ccc([N+](=O)[O-])c(C)c2)C1. The molecular weight excluding hydrogens is 248 g/mol. The smallest absolute Gasteiger partial charge is 0.272 e. The van der Waals surface area contributed by atoms with Gasteiger partial charge in [0.2, 0.25) is 0 Å². The Labute approximate surface area is 111 Å². The number of nitro benzene ring substituents is 1. The van der Waals surface area contributed by atoms with Crippen molar-refractivity contribution in [1.29, 1.82) is 0 Å². The monoisotopic (exact) mass is 264 g/mol. The fourth-order valence-corrected chi connectivity index (χ4v) is 2.28. The molecule has 1 saturated heterocycles. The zero-order chi connectivity index (χ0) is 14.0. The Kier molecular flexibility index (Phi) is 3.80. The van der Waals surface area contributed by atoms with Gasteiger partial charge in [0.05, 0.1) is 11.0 Å². The van der Waals surface area contributed by atoms with E-state index in [2.05, 4.69) is 0 Å². The first-order chi connectivity index (χ1) is 9.02. The number of amides is 1. The van der Waals surface area contributed by atoms with E-state index in [9.17, 15) is 14.9 Å². The highest BCUT2D eigenvalue weighted by Crippen LogP contribution is 2.21. The molecule has 1 aromatic rings. The van der Waals surface area contributed by atoms with Crippen LogP contribution in [0.25, 0.3) is 0 Å². The first kappa shape index (κ1) is 13.5. The van der Waals surface area contributed by atoms with Crippen LogP contribution in [0.1, 0.15) is 22.3 Å². The lowest BCUT2D eigenvalue weighted by molar-refractivity contribution is -0.385. The average Bonchev–Trinajstić information content (AvgIpc) is 2.86. The number of nitro groups is 1. The standard InChI is InChI=1S/C13H16N2O4/c1-9-7-10(3-4-12(9)15(17)18)13(16)14-6-5-11(8-14)19-2/h3-4,7,11H,5-6,8H2,1-2H3. The summed E-state index contributed by atoms with van der Waals surface area (Å²) in [7, 11) is 1.63. The van der Waals surface area contributed by atoms with Gasteiger partial charge in [-0.3, -0.25) is 14.9 Å². The van der Waals surface area contributed by atoms with Crippen LogP contribution >= 0.6 is 0 Å². The Balaban J connectivity index is 2.16. The van der Waals surface area contributed by atoms with Crippen molar-refractivity contribution in [2.45, 2.75) is 19.4 Å². The third-order valence-electron chi connectivity index (χ3n) is 3.41. The fourth-order valence-electron chi connectivity index (χ4n) is 2.28. The predicted octanol–water partition coefficient (Wildman–Crippen LogP) is 1.76. The van der Waals surface area contributed by atoms with E-state index in [-0.39, 0.29) is 17.7 Å². The predicted molar refractivity (Wildman–Crippen MR) is 69.2 cm³/mol. The molecule has 0 saturated carbocycles. The number of rotatable bonds is 3. The molecule has 19 heavy (non-hydrogen) atoms. The molecule has 0 spiro atoms. The summed E-state index contributed by atoms with van der Waals surface area (Å²) in [6, 6.07) is 4.46. The maximum Gasteiger partial charge on any atom is 0.272 e. The molecule has 102 valence electrons. The summed E-state index contributed by atoms with van der Waals surface area (Å²) >= 11 is 0. The Morgan fingerprint density at radius 3 is 2.79 bits per heavy atom. The van der Waals surface area contributed by atoms with Crippen LogP contribution < -0.4 is 0 Å². The van der Waals surface area contributed by atoms with Crippen LogP contribution in [0.3, 0.4) is 0 Å². The molecule has 0 aliphatic carbocycles. The van der Waals surface area contributed by atoms with Gasteiger partial charge in [0.1, 0.15) is 0 Å². The molecular formula is C13H16N2O4. The summed E-state index contributed by atoms with van der Waals surface area (Å²) in [4.78, 5) is 24.2. The molecule has 1 aliphatic heterocycles. The summed E-state index contributed by atoms with van der Waals surface area (Å²) in [5.74, 6) is -0.0995. The third-order valence-corrected chi connectivity index (χ3v) is 3.41. The Bertz CT molecular complexity index is 515. The maximum absolute atomic E-state index is 12.2. The molecule has 1 fully saturated rings. The number of ether oxygens (including phenoxy) is 1. The zero-order valence-corrected chi connectivity index (χ0v) is 11.0. The van der Waals surface area contributed by atoms with E-state index in [1.807, 2.05) is 0 Å². The van der Waals surface area contributed by atoms with Crippen molar-refractivity contribution in [3.05, 3.63) is 39.4 Å². The van der Waals surface area contributed by atoms with Crippen molar-refractivity contribution in [1.82, 2.24) is 4.90 Å². The lowest BCUT2D eigenvalue weighted by Crippen LogP contribution is -2.30. The quantitative estimate of drug-likeness (QED) is 0.616. The highest BCUT2D eigenvalue weighted by Gasteiger charge is 2.27. The molecule has 1 heterocycles. The molecule has 2 rings (SSSR count). The number of carbonyl (C=O) groups is 1. The van der Waals surface area contributed by atoms with Crippen molar-refractivity contribution in [3.63, 3.8) is 0 Å². The largest absolute Gasteiger partial charge is 0.380 e. The van der Waals surface area contributed by atoms with E-state index in [0.717, 1.165) is 6.42 Å². The number of nitrogens with zero attached hydrogens (tertiary/aromatic N) is 2. The van der Waals surface area contributed by atoms with Crippen LogP contribution in [0.15, 0.2) is 18.2 Å². The topological polar surface area (TPSA) is 72.7 Å². The number of hydrogen-bond acceptors (Lipinski definition) is 4. The normalized spacial score (nSPS) is 18.6. The molecule has 1 aliphatic rings. The van der Waals surface area contributed by atoms with Crippen molar-refractivity contribution in [3.8, 4) is 0 Å². The summed E-state index contributed by atoms with van der Waals surface area (Å²) in [6.45, 7) is 2.87. The summed E-state index contributed by atoms with van der Waals surface area (Å²) < 4.78 is 5.22. The second kappa shape index (κ2) is 5.36. The minimum absolute atomic E-state index is 0.0349. The zero-order valence-electron chi connectivity index (χ0n) is 11.0. The molecule has 1 amide bonds. The number of hydrogen-bond donors (Lipinski definition) is 0. The van der Waals surface area contributed by atoms with Gasteiger partial charge < -0.3 is 9.64 Å². The van der Waals surface area contributed by atoms with Crippen molar-refractivity contribution in [2.75, 3.05) is 20.2 Å². The summed E-state index contributed by atoms with van der Waals surface area (Å²) in [5.41, 5.74) is 1.02. The Morgan fingerprint density at radius 2 is 2.26 bits per heavy atom. The van der Waals surface area contributed by atoms with E-state index >= 15 is 0 Å². The van der Waals surface area contributed by atoms with Gasteiger partial charge >= 0.3 is 0 Å². The van der Waals surface area contributed by atoms with Crippen LogP contribution in [-0.4, -0.2) is 42.0 Å².